The van der Waals surface area contributed by atoms with Crippen LogP contribution in [0.5, 0.6) is 0 Å². The maximum Gasteiger partial charge on any atom is 0.129 e. The van der Waals surface area contributed by atoms with Gasteiger partial charge in [-0.05, 0) is 35.4 Å². The number of halogens is 2. The van der Waals surface area contributed by atoms with Crippen molar-refractivity contribution in [1.82, 2.24) is 5.32 Å². The lowest BCUT2D eigenvalue weighted by molar-refractivity contribution is 0.572. The Labute approximate surface area is 159 Å². The van der Waals surface area contributed by atoms with E-state index in [4.69, 9.17) is 16.6 Å². The number of benzene rings is 3. The molecule has 0 saturated heterocycles. The van der Waals surface area contributed by atoms with E-state index in [0.717, 1.165) is 16.4 Å². The minimum Gasteiger partial charge on any atom is -0.361 e. The van der Waals surface area contributed by atoms with Crippen molar-refractivity contribution in [3.8, 4) is 0 Å². The lowest BCUT2D eigenvalue weighted by Gasteiger charge is -2.19. The van der Waals surface area contributed by atoms with Gasteiger partial charge in [-0.25, -0.2) is 0 Å². The van der Waals surface area contributed by atoms with Crippen molar-refractivity contribution >= 4 is 29.8 Å². The average molecular weight is 369 g/mol. The SMILES string of the molecule is Cl.Clc1ccc(C2=N[C@H](c3ccccc3)[C@H](c3ccccc3)N2)cc1. The fraction of sp³-hybridized carbons (Fsp3) is 0.0952. The minimum absolute atomic E-state index is 0. The van der Waals surface area contributed by atoms with Crippen LogP contribution in [0.25, 0.3) is 0 Å². The largest absolute Gasteiger partial charge is 0.361 e. The lowest BCUT2D eigenvalue weighted by atomic mass is 9.95. The summed E-state index contributed by atoms with van der Waals surface area (Å²) in [6.45, 7) is 0. The molecule has 1 N–H and O–H groups in total. The molecule has 4 rings (SSSR count). The fourth-order valence-corrected chi connectivity index (χ4v) is 3.21. The number of hydrogen-bond donors (Lipinski definition) is 1. The van der Waals surface area contributed by atoms with E-state index in [1.165, 1.54) is 11.1 Å². The molecule has 0 amide bonds. The molecule has 0 saturated carbocycles. The summed E-state index contributed by atoms with van der Waals surface area (Å²) in [6.07, 6.45) is 0. The third kappa shape index (κ3) is 3.71. The van der Waals surface area contributed by atoms with Crippen LogP contribution < -0.4 is 5.32 Å². The molecule has 0 fully saturated rings. The van der Waals surface area contributed by atoms with E-state index in [1.54, 1.807) is 0 Å². The van der Waals surface area contributed by atoms with E-state index in [1.807, 2.05) is 36.4 Å². The van der Waals surface area contributed by atoms with Gasteiger partial charge in [0.2, 0.25) is 0 Å². The molecule has 0 spiro atoms. The summed E-state index contributed by atoms with van der Waals surface area (Å²) in [5.74, 6) is 0.911. The van der Waals surface area contributed by atoms with Crippen molar-refractivity contribution in [2.45, 2.75) is 12.1 Å². The van der Waals surface area contributed by atoms with Gasteiger partial charge in [0.1, 0.15) is 11.9 Å². The molecule has 1 aliphatic heterocycles. The molecule has 0 bridgehead atoms. The first-order valence-corrected chi connectivity index (χ1v) is 8.39. The second-order valence-electron chi connectivity index (χ2n) is 5.87. The second kappa shape index (κ2) is 7.73. The molecule has 2 atom stereocenters. The standard InChI is InChI=1S/C21H17ClN2.ClH/c22-18-13-11-17(12-14-18)21-23-19(15-7-3-1-4-8-15)20(24-21)16-9-5-2-6-10-16;/h1-14,19-20H,(H,23,24);1H/t19-,20+;. The number of hydrogen-bond acceptors (Lipinski definition) is 2. The maximum absolute atomic E-state index is 6.01. The van der Waals surface area contributed by atoms with Crippen molar-refractivity contribution in [3.05, 3.63) is 107 Å². The highest BCUT2D eigenvalue weighted by molar-refractivity contribution is 6.30. The normalized spacial score (nSPS) is 18.8. The minimum atomic E-state index is 0. The van der Waals surface area contributed by atoms with E-state index in [0.29, 0.717) is 0 Å². The van der Waals surface area contributed by atoms with Crippen LogP contribution in [0.15, 0.2) is 89.9 Å². The van der Waals surface area contributed by atoms with Crippen molar-refractivity contribution < 1.29 is 0 Å². The Morgan fingerprint density at radius 3 is 1.88 bits per heavy atom. The first-order chi connectivity index (χ1) is 11.8. The van der Waals surface area contributed by atoms with E-state index in [9.17, 15) is 0 Å². The monoisotopic (exact) mass is 368 g/mol. The van der Waals surface area contributed by atoms with Crippen LogP contribution in [0, 0.1) is 0 Å². The Morgan fingerprint density at radius 2 is 1.28 bits per heavy atom. The zero-order valence-corrected chi connectivity index (χ0v) is 15.0. The highest BCUT2D eigenvalue weighted by Crippen LogP contribution is 2.36. The van der Waals surface area contributed by atoms with Gasteiger partial charge in [-0.2, -0.15) is 0 Å². The van der Waals surface area contributed by atoms with Crippen LogP contribution in [-0.4, -0.2) is 5.84 Å². The zero-order chi connectivity index (χ0) is 16.4. The van der Waals surface area contributed by atoms with Gasteiger partial charge in [-0.15, -0.1) is 12.4 Å². The van der Waals surface area contributed by atoms with Crippen LogP contribution in [0.2, 0.25) is 5.02 Å². The van der Waals surface area contributed by atoms with Crippen molar-refractivity contribution in [2.24, 2.45) is 4.99 Å². The van der Waals surface area contributed by atoms with Gasteiger partial charge in [0.05, 0.1) is 6.04 Å². The third-order valence-corrected chi connectivity index (χ3v) is 4.55. The third-order valence-electron chi connectivity index (χ3n) is 4.29. The summed E-state index contributed by atoms with van der Waals surface area (Å²) in [6, 6.07) is 28.9. The number of nitrogens with one attached hydrogen (secondary N) is 1. The molecular weight excluding hydrogens is 351 g/mol. The van der Waals surface area contributed by atoms with Gasteiger partial charge in [0, 0.05) is 10.6 Å². The summed E-state index contributed by atoms with van der Waals surface area (Å²) in [5.41, 5.74) is 3.50. The Bertz CT molecular complexity index is 846. The molecule has 0 aliphatic carbocycles. The van der Waals surface area contributed by atoms with Crippen LogP contribution in [0.3, 0.4) is 0 Å². The number of amidine groups is 1. The van der Waals surface area contributed by atoms with Crippen molar-refractivity contribution in [1.29, 1.82) is 0 Å². The van der Waals surface area contributed by atoms with Gasteiger partial charge >= 0.3 is 0 Å². The van der Waals surface area contributed by atoms with Gasteiger partial charge in [-0.3, -0.25) is 4.99 Å². The summed E-state index contributed by atoms with van der Waals surface area (Å²) in [4.78, 5) is 4.98. The average Bonchev–Trinajstić information content (AvgIpc) is 3.09. The number of nitrogens with zero attached hydrogens (tertiary/aromatic N) is 1. The maximum atomic E-state index is 6.01. The van der Waals surface area contributed by atoms with E-state index in [-0.39, 0.29) is 24.5 Å². The first kappa shape index (κ1) is 17.5. The van der Waals surface area contributed by atoms with Crippen LogP contribution >= 0.6 is 24.0 Å². The van der Waals surface area contributed by atoms with Gasteiger partial charge in [0.25, 0.3) is 0 Å². The van der Waals surface area contributed by atoms with Gasteiger partial charge in [-0.1, -0.05) is 72.3 Å². The van der Waals surface area contributed by atoms with E-state index < -0.39 is 0 Å². The molecule has 1 heterocycles. The first-order valence-electron chi connectivity index (χ1n) is 8.01. The molecule has 0 unspecified atom stereocenters. The van der Waals surface area contributed by atoms with Crippen LogP contribution in [0.1, 0.15) is 28.8 Å². The highest BCUT2D eigenvalue weighted by Gasteiger charge is 2.31. The predicted molar refractivity (Wildman–Crippen MR) is 107 cm³/mol. The van der Waals surface area contributed by atoms with Crippen LogP contribution in [0.4, 0.5) is 0 Å². The van der Waals surface area contributed by atoms with Gasteiger partial charge in [0.15, 0.2) is 0 Å². The predicted octanol–water partition coefficient (Wildman–Crippen LogP) is 5.59. The molecule has 3 aromatic rings. The van der Waals surface area contributed by atoms with Gasteiger partial charge < -0.3 is 5.32 Å². The molecule has 126 valence electrons. The zero-order valence-electron chi connectivity index (χ0n) is 13.5. The molecule has 4 heteroatoms. The number of rotatable bonds is 3. The van der Waals surface area contributed by atoms with E-state index in [2.05, 4.69) is 53.8 Å². The molecule has 25 heavy (non-hydrogen) atoms. The summed E-state index contributed by atoms with van der Waals surface area (Å²) in [7, 11) is 0. The summed E-state index contributed by atoms with van der Waals surface area (Å²) >= 11 is 6.01. The molecule has 0 radical (unpaired) electrons. The lowest BCUT2D eigenvalue weighted by Crippen LogP contribution is -2.25. The second-order valence-corrected chi connectivity index (χ2v) is 6.31. The summed E-state index contributed by atoms with van der Waals surface area (Å²) in [5, 5.41) is 4.33. The molecule has 1 aliphatic rings. The quantitative estimate of drug-likeness (QED) is 0.639. The smallest absolute Gasteiger partial charge is 0.129 e. The Hall–Kier alpha value is -2.29. The molecule has 3 aromatic carbocycles. The Morgan fingerprint density at radius 1 is 0.720 bits per heavy atom. The van der Waals surface area contributed by atoms with Crippen molar-refractivity contribution in [2.75, 3.05) is 0 Å². The van der Waals surface area contributed by atoms with Crippen LogP contribution in [-0.2, 0) is 0 Å². The Balaban J connectivity index is 0.00000182. The Kier molecular flexibility index (Phi) is 5.42. The van der Waals surface area contributed by atoms with E-state index >= 15 is 0 Å². The highest BCUT2D eigenvalue weighted by atomic mass is 35.5. The van der Waals surface area contributed by atoms with Crippen molar-refractivity contribution in [3.63, 3.8) is 0 Å². The number of aliphatic imine (C=N–C) groups is 1. The molecule has 0 aromatic heterocycles. The fourth-order valence-electron chi connectivity index (χ4n) is 3.09. The molecular formula is C21H18Cl2N2. The topological polar surface area (TPSA) is 24.4 Å². The molecule has 2 nitrogen and oxygen atoms in total. The summed E-state index contributed by atoms with van der Waals surface area (Å²) < 4.78 is 0.